The van der Waals surface area contributed by atoms with E-state index in [0.29, 0.717) is 11.8 Å². The van der Waals surface area contributed by atoms with Gasteiger partial charge in [0.05, 0.1) is 5.54 Å². The number of benzene rings is 1. The van der Waals surface area contributed by atoms with Gasteiger partial charge >= 0.3 is 0 Å². The summed E-state index contributed by atoms with van der Waals surface area (Å²) in [6.45, 7) is 18.2. The molecule has 0 amide bonds. The zero-order chi connectivity index (χ0) is 15.8. The van der Waals surface area contributed by atoms with Crippen LogP contribution in [0.25, 0.3) is 0 Å². The molecule has 0 aliphatic carbocycles. The van der Waals surface area contributed by atoms with Crippen molar-refractivity contribution in [2.75, 3.05) is 13.1 Å². The molecule has 0 saturated heterocycles. The average Bonchev–Trinajstić information content (AvgIpc) is 2.86. The van der Waals surface area contributed by atoms with Crippen molar-refractivity contribution in [3.05, 3.63) is 29.3 Å². The summed E-state index contributed by atoms with van der Waals surface area (Å²) in [6.07, 6.45) is 2.33. The molecule has 1 aliphatic heterocycles. The molecule has 0 unspecified atom stereocenters. The van der Waals surface area contributed by atoms with Crippen molar-refractivity contribution in [3.8, 4) is 0 Å². The maximum atomic E-state index is 2.47. The van der Waals surface area contributed by atoms with Gasteiger partial charge in [0.2, 0.25) is 6.34 Å². The third-order valence-electron chi connectivity index (χ3n) is 4.35. The van der Waals surface area contributed by atoms with Gasteiger partial charge in [-0.25, -0.2) is 4.58 Å². The Kier molecular flexibility index (Phi) is 6.09. The largest absolute Gasteiger partial charge is 1.00 e. The molecule has 0 atom stereocenters. The molecule has 1 aromatic rings. The normalized spacial score (nSPS) is 15.3. The van der Waals surface area contributed by atoms with Crippen molar-refractivity contribution in [1.29, 1.82) is 0 Å². The van der Waals surface area contributed by atoms with Crippen LogP contribution in [0.4, 0.5) is 5.69 Å². The lowest BCUT2D eigenvalue weighted by Gasteiger charge is -2.23. The Morgan fingerprint density at radius 3 is 1.86 bits per heavy atom. The van der Waals surface area contributed by atoms with Gasteiger partial charge in [-0.2, -0.15) is 0 Å². The van der Waals surface area contributed by atoms with E-state index in [0.717, 1.165) is 13.1 Å². The molecule has 0 fully saturated rings. The predicted molar refractivity (Wildman–Crippen MR) is 91.9 cm³/mol. The molecular formula is C19H31ClN2. The van der Waals surface area contributed by atoms with Crippen molar-refractivity contribution in [2.45, 2.75) is 65.8 Å². The lowest BCUT2D eigenvalue weighted by Crippen LogP contribution is -3.00. The zero-order valence-corrected chi connectivity index (χ0v) is 15.9. The minimum absolute atomic E-state index is 0. The summed E-state index contributed by atoms with van der Waals surface area (Å²) in [6, 6.07) is 6.80. The minimum atomic E-state index is 0. The Morgan fingerprint density at radius 2 is 1.50 bits per heavy atom. The van der Waals surface area contributed by atoms with E-state index in [-0.39, 0.29) is 17.9 Å². The Bertz CT molecular complexity index is 513. The van der Waals surface area contributed by atoms with Gasteiger partial charge in [-0.05, 0) is 32.6 Å². The Balaban J connectivity index is 0.00000242. The topological polar surface area (TPSA) is 6.25 Å². The molecule has 1 aliphatic rings. The summed E-state index contributed by atoms with van der Waals surface area (Å²) in [5, 5.41) is 0. The summed E-state index contributed by atoms with van der Waals surface area (Å²) >= 11 is 0. The summed E-state index contributed by atoms with van der Waals surface area (Å²) < 4.78 is 2.47. The van der Waals surface area contributed by atoms with Gasteiger partial charge in [-0.3, -0.25) is 4.90 Å². The van der Waals surface area contributed by atoms with Crippen molar-refractivity contribution in [1.82, 2.24) is 4.90 Å². The quantitative estimate of drug-likeness (QED) is 0.768. The second kappa shape index (κ2) is 7.04. The molecule has 0 saturated carbocycles. The summed E-state index contributed by atoms with van der Waals surface area (Å²) in [5.74, 6) is 1.10. The van der Waals surface area contributed by atoms with E-state index in [4.69, 9.17) is 0 Å². The molecule has 0 radical (unpaired) electrons. The second-order valence-corrected chi connectivity index (χ2v) is 7.77. The molecule has 22 heavy (non-hydrogen) atoms. The molecule has 2 nitrogen and oxygen atoms in total. The molecule has 2 rings (SSSR count). The molecule has 1 heterocycles. The molecule has 0 N–H and O–H groups in total. The van der Waals surface area contributed by atoms with E-state index < -0.39 is 0 Å². The Morgan fingerprint density at radius 1 is 1.00 bits per heavy atom. The zero-order valence-electron chi connectivity index (χ0n) is 15.2. The van der Waals surface area contributed by atoms with E-state index in [1.54, 1.807) is 0 Å². The fourth-order valence-corrected chi connectivity index (χ4v) is 3.02. The molecular weight excluding hydrogens is 292 g/mol. The van der Waals surface area contributed by atoms with Crippen molar-refractivity contribution in [3.63, 3.8) is 0 Å². The molecule has 0 aromatic heterocycles. The molecule has 0 bridgehead atoms. The van der Waals surface area contributed by atoms with Crippen LogP contribution in [-0.2, 0) is 0 Å². The fraction of sp³-hybridized carbons (Fsp3) is 0.632. The van der Waals surface area contributed by atoms with E-state index >= 15 is 0 Å². The van der Waals surface area contributed by atoms with Crippen LogP contribution in [0.3, 0.4) is 0 Å². The van der Waals surface area contributed by atoms with Crippen LogP contribution in [0.1, 0.15) is 71.4 Å². The minimum Gasteiger partial charge on any atom is -1.00 e. The first-order valence-corrected chi connectivity index (χ1v) is 8.23. The van der Waals surface area contributed by atoms with Gasteiger partial charge in [-0.1, -0.05) is 45.9 Å². The SMILES string of the molecule is CC(C)c1cccc(C(C)C)c1[N+]1=CN(C(C)(C)C)CC1.[Cl-]. The monoisotopic (exact) mass is 322 g/mol. The predicted octanol–water partition coefficient (Wildman–Crippen LogP) is 1.72. The third-order valence-corrected chi connectivity index (χ3v) is 4.35. The van der Waals surface area contributed by atoms with Crippen molar-refractivity contribution in [2.24, 2.45) is 0 Å². The molecule has 3 heteroatoms. The first kappa shape index (κ1) is 19.0. The number of rotatable bonds is 3. The lowest BCUT2D eigenvalue weighted by atomic mass is 9.92. The lowest BCUT2D eigenvalue weighted by molar-refractivity contribution is -0.425. The maximum Gasteiger partial charge on any atom is 0.240 e. The number of hydrogen-bond donors (Lipinski definition) is 0. The van der Waals surface area contributed by atoms with E-state index in [1.807, 2.05) is 0 Å². The van der Waals surface area contributed by atoms with Gasteiger partial charge in [-0.15, -0.1) is 0 Å². The third kappa shape index (κ3) is 3.84. The van der Waals surface area contributed by atoms with Gasteiger partial charge < -0.3 is 12.4 Å². The van der Waals surface area contributed by atoms with Crippen LogP contribution in [0, 0.1) is 0 Å². The fourth-order valence-electron chi connectivity index (χ4n) is 3.02. The maximum absolute atomic E-state index is 2.47. The summed E-state index contributed by atoms with van der Waals surface area (Å²) in [7, 11) is 0. The van der Waals surface area contributed by atoms with Crippen LogP contribution in [-0.4, -0.2) is 34.4 Å². The summed E-state index contributed by atoms with van der Waals surface area (Å²) in [4.78, 5) is 2.45. The summed E-state index contributed by atoms with van der Waals surface area (Å²) in [5.41, 5.74) is 4.56. The van der Waals surface area contributed by atoms with Crippen LogP contribution in [0.5, 0.6) is 0 Å². The van der Waals surface area contributed by atoms with Crippen LogP contribution in [0.15, 0.2) is 18.2 Å². The van der Waals surface area contributed by atoms with E-state index in [2.05, 4.69) is 82.5 Å². The molecule has 124 valence electrons. The highest BCUT2D eigenvalue weighted by Crippen LogP contribution is 2.35. The molecule has 0 spiro atoms. The standard InChI is InChI=1S/C19H31N2.ClH/c1-14(2)16-9-8-10-17(15(3)4)18(16)20-11-12-21(13-20)19(5,6)7;/h8-10,13-15H,11-12H2,1-7H3;1H/q+1;/p-1. The highest BCUT2D eigenvalue weighted by Gasteiger charge is 2.32. The number of halogens is 1. The number of nitrogens with zero attached hydrogens (tertiary/aromatic N) is 2. The van der Waals surface area contributed by atoms with Crippen molar-refractivity contribution < 1.29 is 17.0 Å². The Labute approximate surface area is 142 Å². The smallest absolute Gasteiger partial charge is 0.240 e. The Hall–Kier alpha value is -1.02. The number of hydrogen-bond acceptors (Lipinski definition) is 1. The van der Waals surface area contributed by atoms with Crippen molar-refractivity contribution >= 4 is 12.0 Å². The van der Waals surface area contributed by atoms with Gasteiger partial charge in [0, 0.05) is 11.1 Å². The molecule has 1 aromatic carbocycles. The van der Waals surface area contributed by atoms with Crippen LogP contribution >= 0.6 is 0 Å². The van der Waals surface area contributed by atoms with Gasteiger partial charge in [0.15, 0.2) is 0 Å². The van der Waals surface area contributed by atoms with E-state index in [1.165, 1.54) is 16.8 Å². The highest BCUT2D eigenvalue weighted by molar-refractivity contribution is 5.59. The average molecular weight is 323 g/mol. The van der Waals surface area contributed by atoms with Gasteiger partial charge in [0.25, 0.3) is 0 Å². The van der Waals surface area contributed by atoms with E-state index in [9.17, 15) is 0 Å². The first-order valence-electron chi connectivity index (χ1n) is 8.23. The van der Waals surface area contributed by atoms with Crippen LogP contribution in [0.2, 0.25) is 0 Å². The highest BCUT2D eigenvalue weighted by atomic mass is 35.5. The number of para-hydroxylation sites is 1. The van der Waals surface area contributed by atoms with Gasteiger partial charge in [0.1, 0.15) is 18.8 Å². The first-order chi connectivity index (χ1) is 9.71. The second-order valence-electron chi connectivity index (χ2n) is 7.77. The van der Waals surface area contributed by atoms with Crippen LogP contribution < -0.4 is 12.4 Å².